The fourth-order valence-corrected chi connectivity index (χ4v) is 6.36. The van der Waals surface area contributed by atoms with Crippen molar-refractivity contribution in [3.63, 3.8) is 0 Å². The lowest BCUT2D eigenvalue weighted by Crippen LogP contribution is -2.39. The highest BCUT2D eigenvalue weighted by atomic mass is 32.2. The van der Waals surface area contributed by atoms with Crippen LogP contribution in [0.3, 0.4) is 0 Å². The average molecular weight is 520 g/mol. The highest BCUT2D eigenvalue weighted by Gasteiger charge is 2.22. The molecule has 3 aromatic rings. The number of benzene rings is 2. The fraction of sp³-hybridized carbons (Fsp3) is 0.440. The SMILES string of the molecule is Cc1ccc(S(=O)(=O)CCCC(=O)N(CCCN2CCOCC2)c2nc3ccc(F)cc3s2)cc1. The number of rotatable bonds is 10. The van der Waals surface area contributed by atoms with Crippen LogP contribution in [0, 0.1) is 12.7 Å². The smallest absolute Gasteiger partial charge is 0.228 e. The Kier molecular flexibility index (Phi) is 8.48. The topological polar surface area (TPSA) is 79.8 Å². The number of hydrogen-bond donors (Lipinski definition) is 0. The van der Waals surface area contributed by atoms with Crippen LogP contribution in [0.25, 0.3) is 10.2 Å². The number of anilines is 1. The number of fused-ring (bicyclic) bond motifs is 1. The van der Waals surface area contributed by atoms with Crippen LogP contribution in [-0.4, -0.2) is 69.4 Å². The summed E-state index contributed by atoms with van der Waals surface area (Å²) < 4.78 is 45.1. The first kappa shape index (κ1) is 25.7. The standard InChI is InChI=1S/C25H30FN3O4S2/c1-19-5-8-21(9-6-19)35(31,32)17-2-4-24(30)29(12-3-11-28-13-15-33-16-14-28)25-27-22-10-7-20(26)18-23(22)34-25/h5-10,18H,2-4,11-17H2,1H3. The zero-order chi connectivity index (χ0) is 24.8. The summed E-state index contributed by atoms with van der Waals surface area (Å²) >= 11 is 1.27. The van der Waals surface area contributed by atoms with Crippen LogP contribution < -0.4 is 4.90 Å². The van der Waals surface area contributed by atoms with Crippen LogP contribution in [0.4, 0.5) is 9.52 Å². The second kappa shape index (κ2) is 11.6. The number of carbonyl (C=O) groups is 1. The summed E-state index contributed by atoms with van der Waals surface area (Å²) in [7, 11) is -3.46. The van der Waals surface area contributed by atoms with Crippen LogP contribution in [-0.2, 0) is 19.4 Å². The minimum absolute atomic E-state index is 0.0902. The second-order valence-electron chi connectivity index (χ2n) is 8.70. The Morgan fingerprint density at radius 2 is 1.89 bits per heavy atom. The first-order valence-corrected chi connectivity index (χ1v) is 14.2. The molecule has 1 fully saturated rings. The molecular weight excluding hydrogens is 489 g/mol. The van der Waals surface area contributed by atoms with Gasteiger partial charge in [-0.1, -0.05) is 29.0 Å². The monoisotopic (exact) mass is 519 g/mol. The number of halogens is 1. The number of hydrogen-bond acceptors (Lipinski definition) is 7. The maximum Gasteiger partial charge on any atom is 0.228 e. The van der Waals surface area contributed by atoms with Gasteiger partial charge in [-0.15, -0.1) is 0 Å². The van der Waals surface area contributed by atoms with Crippen molar-refractivity contribution in [3.8, 4) is 0 Å². The molecule has 0 bridgehead atoms. The van der Waals surface area contributed by atoms with Gasteiger partial charge < -0.3 is 4.74 Å². The summed E-state index contributed by atoms with van der Waals surface area (Å²) in [6.07, 6.45) is 1.05. The number of amides is 1. The number of nitrogens with zero attached hydrogens (tertiary/aromatic N) is 3. The third-order valence-corrected chi connectivity index (χ3v) is 8.87. The molecule has 10 heteroatoms. The number of ether oxygens (including phenoxy) is 1. The predicted molar refractivity (Wildman–Crippen MR) is 136 cm³/mol. The molecule has 0 spiro atoms. The third-order valence-electron chi connectivity index (χ3n) is 6.01. The molecule has 188 valence electrons. The van der Waals surface area contributed by atoms with Crippen molar-refractivity contribution in [3.05, 3.63) is 53.8 Å². The molecule has 2 aromatic carbocycles. The van der Waals surface area contributed by atoms with Crippen molar-refractivity contribution in [1.82, 2.24) is 9.88 Å². The molecule has 2 heterocycles. The lowest BCUT2D eigenvalue weighted by Gasteiger charge is -2.27. The summed E-state index contributed by atoms with van der Waals surface area (Å²) in [6, 6.07) is 11.1. The van der Waals surface area contributed by atoms with Gasteiger partial charge in [-0.3, -0.25) is 14.6 Å². The molecule has 1 saturated heterocycles. The molecule has 7 nitrogen and oxygen atoms in total. The molecule has 4 rings (SSSR count). The van der Waals surface area contributed by atoms with E-state index in [9.17, 15) is 17.6 Å². The number of carbonyl (C=O) groups excluding carboxylic acids is 1. The molecule has 1 aliphatic heterocycles. The van der Waals surface area contributed by atoms with Crippen molar-refractivity contribution in [2.45, 2.75) is 31.1 Å². The van der Waals surface area contributed by atoms with E-state index in [2.05, 4.69) is 9.88 Å². The quantitative estimate of drug-likeness (QED) is 0.402. The summed E-state index contributed by atoms with van der Waals surface area (Å²) in [5, 5.41) is 0.513. The van der Waals surface area contributed by atoms with Crippen molar-refractivity contribution in [2.75, 3.05) is 50.0 Å². The van der Waals surface area contributed by atoms with E-state index in [1.165, 1.54) is 23.5 Å². The summed E-state index contributed by atoms with van der Waals surface area (Å²) in [5.41, 5.74) is 1.63. The van der Waals surface area contributed by atoms with Crippen molar-refractivity contribution < 1.29 is 22.3 Å². The molecule has 0 unspecified atom stereocenters. The van der Waals surface area contributed by atoms with Gasteiger partial charge in [0.1, 0.15) is 5.82 Å². The van der Waals surface area contributed by atoms with Gasteiger partial charge in [0.2, 0.25) is 5.91 Å². The van der Waals surface area contributed by atoms with Crippen molar-refractivity contribution in [2.24, 2.45) is 0 Å². The van der Waals surface area contributed by atoms with Gasteiger partial charge in [0.05, 0.1) is 34.1 Å². The van der Waals surface area contributed by atoms with Gasteiger partial charge in [-0.25, -0.2) is 17.8 Å². The highest BCUT2D eigenvalue weighted by Crippen LogP contribution is 2.30. The minimum atomic E-state index is -3.46. The first-order valence-electron chi connectivity index (χ1n) is 11.8. The van der Waals surface area contributed by atoms with E-state index in [1.807, 2.05) is 6.92 Å². The summed E-state index contributed by atoms with van der Waals surface area (Å²) in [5.74, 6) is -0.626. The lowest BCUT2D eigenvalue weighted by molar-refractivity contribution is -0.118. The van der Waals surface area contributed by atoms with E-state index in [1.54, 1.807) is 35.2 Å². The molecule has 0 radical (unpaired) electrons. The Morgan fingerprint density at radius 3 is 2.63 bits per heavy atom. The van der Waals surface area contributed by atoms with Gasteiger partial charge in [-0.05, 0) is 50.1 Å². The number of sulfone groups is 1. The minimum Gasteiger partial charge on any atom is -0.379 e. The van der Waals surface area contributed by atoms with Gasteiger partial charge in [0, 0.05) is 32.6 Å². The largest absolute Gasteiger partial charge is 0.379 e. The van der Waals surface area contributed by atoms with Crippen LogP contribution in [0.15, 0.2) is 47.4 Å². The number of aryl methyl sites for hydroxylation is 1. The first-order chi connectivity index (χ1) is 16.8. The number of aromatic nitrogens is 1. The van der Waals surface area contributed by atoms with Crippen LogP contribution in [0.2, 0.25) is 0 Å². The molecular formula is C25H30FN3O4S2. The fourth-order valence-electron chi connectivity index (χ4n) is 4.02. The Labute approximate surface area is 209 Å². The number of morpholine rings is 1. The van der Waals surface area contributed by atoms with Crippen molar-refractivity contribution in [1.29, 1.82) is 0 Å². The van der Waals surface area contributed by atoms with Crippen LogP contribution in [0.1, 0.15) is 24.8 Å². The van der Waals surface area contributed by atoms with E-state index < -0.39 is 9.84 Å². The average Bonchev–Trinajstić information content (AvgIpc) is 3.25. The van der Waals surface area contributed by atoms with E-state index in [4.69, 9.17) is 4.74 Å². The molecule has 0 N–H and O–H groups in total. The van der Waals surface area contributed by atoms with Gasteiger partial charge >= 0.3 is 0 Å². The van der Waals surface area contributed by atoms with Crippen LogP contribution >= 0.6 is 11.3 Å². The summed E-state index contributed by atoms with van der Waals surface area (Å²) in [4.78, 5) is 22.0. The summed E-state index contributed by atoms with van der Waals surface area (Å²) in [6.45, 7) is 6.34. The van der Waals surface area contributed by atoms with E-state index in [0.717, 1.165) is 31.6 Å². The lowest BCUT2D eigenvalue weighted by atomic mass is 10.2. The maximum absolute atomic E-state index is 13.7. The molecule has 35 heavy (non-hydrogen) atoms. The molecule has 0 aliphatic carbocycles. The zero-order valence-electron chi connectivity index (χ0n) is 19.8. The molecule has 1 aromatic heterocycles. The van der Waals surface area contributed by atoms with Crippen molar-refractivity contribution >= 4 is 42.4 Å². The molecule has 1 aliphatic rings. The van der Waals surface area contributed by atoms with E-state index in [-0.39, 0.29) is 35.2 Å². The molecule has 0 saturated carbocycles. The van der Waals surface area contributed by atoms with Crippen LogP contribution in [0.5, 0.6) is 0 Å². The van der Waals surface area contributed by atoms with E-state index >= 15 is 0 Å². The Balaban J connectivity index is 1.42. The van der Waals surface area contributed by atoms with Gasteiger partial charge in [-0.2, -0.15) is 0 Å². The molecule has 0 atom stereocenters. The second-order valence-corrected chi connectivity index (χ2v) is 11.8. The van der Waals surface area contributed by atoms with E-state index in [0.29, 0.717) is 35.1 Å². The number of thiazole rings is 1. The molecule has 1 amide bonds. The maximum atomic E-state index is 13.7. The Bertz CT molecular complexity index is 1260. The highest BCUT2D eigenvalue weighted by molar-refractivity contribution is 7.91. The Morgan fingerprint density at radius 1 is 1.14 bits per heavy atom. The third kappa shape index (κ3) is 6.84. The Hall–Kier alpha value is -2.40. The predicted octanol–water partition coefficient (Wildman–Crippen LogP) is 4.05. The van der Waals surface area contributed by atoms with Gasteiger partial charge in [0.25, 0.3) is 0 Å². The zero-order valence-corrected chi connectivity index (χ0v) is 21.4. The normalized spacial score (nSPS) is 14.9. The van der Waals surface area contributed by atoms with Gasteiger partial charge in [0.15, 0.2) is 15.0 Å².